The first-order valence-corrected chi connectivity index (χ1v) is 18.2. The normalized spacial score (nSPS) is 12.1. The Morgan fingerprint density at radius 2 is 0.824 bits per heavy atom. The summed E-state index contributed by atoms with van der Waals surface area (Å²) in [6.45, 7) is 14.0. The molecule has 0 bridgehead atoms. The van der Waals surface area contributed by atoms with Crippen LogP contribution < -0.4 is 37.3 Å². The molecule has 0 atom stereocenters. The molecule has 1 aliphatic rings. The largest absolute Gasteiger partial charge is 0.240 e. The van der Waals surface area contributed by atoms with Crippen molar-refractivity contribution in [1.82, 2.24) is 0 Å². The van der Waals surface area contributed by atoms with Crippen LogP contribution in [0.1, 0.15) is 33.4 Å². The molecular weight excluding hydrogens is 612 g/mol. The van der Waals surface area contributed by atoms with Gasteiger partial charge in [-0.15, -0.1) is 0 Å². The average Bonchev–Trinajstić information content (AvgIpc) is 3.13. The maximum absolute atomic E-state index is 2.54. The molecule has 0 unspecified atom stereocenters. The molecule has 0 saturated carbocycles. The Morgan fingerprint density at radius 1 is 0.392 bits per heavy atom. The van der Waals surface area contributed by atoms with Crippen LogP contribution in [0.3, 0.4) is 0 Å². The first kappa shape index (κ1) is 32.8. The summed E-state index contributed by atoms with van der Waals surface area (Å²) >= 11 is 0. The third kappa shape index (κ3) is 5.75. The van der Waals surface area contributed by atoms with Crippen molar-refractivity contribution >= 4 is 46.2 Å². The van der Waals surface area contributed by atoms with Crippen molar-refractivity contribution < 1.29 is 4.57 Å². The number of benzene rings is 6. The minimum atomic E-state index is 0.107. The molecule has 51 heavy (non-hydrogen) atoms. The molecule has 1 nitrogen and oxygen atoms in total. The van der Waals surface area contributed by atoms with E-state index in [9.17, 15) is 0 Å². The van der Waals surface area contributed by atoms with Crippen molar-refractivity contribution in [2.24, 2.45) is 7.05 Å². The number of hydrogen-bond acceptors (Lipinski definition) is 0. The summed E-state index contributed by atoms with van der Waals surface area (Å²) in [6, 6.07) is 50.0. The quantitative estimate of drug-likeness (QED) is 0.143. The number of aryl methyl sites for hydroxylation is 7. The van der Waals surface area contributed by atoms with Gasteiger partial charge in [-0.05, 0) is 74.9 Å². The van der Waals surface area contributed by atoms with Crippen molar-refractivity contribution in [3.05, 3.63) is 173 Å². The minimum absolute atomic E-state index is 0.107. The van der Waals surface area contributed by atoms with Gasteiger partial charge < -0.3 is 0 Å². The van der Waals surface area contributed by atoms with Gasteiger partial charge >= 0.3 is 0 Å². The fourth-order valence-corrected chi connectivity index (χ4v) is 8.91. The maximum Gasteiger partial charge on any atom is 0.240 e. The summed E-state index contributed by atoms with van der Waals surface area (Å²) in [7, 11) is 2.17. The zero-order valence-corrected chi connectivity index (χ0v) is 30.9. The maximum atomic E-state index is 2.54. The van der Waals surface area contributed by atoms with Crippen LogP contribution in [0.15, 0.2) is 140 Å². The fraction of sp³-hybridized carbons (Fsp3) is 0.146. The van der Waals surface area contributed by atoms with E-state index in [4.69, 9.17) is 0 Å². The van der Waals surface area contributed by atoms with Crippen LogP contribution in [0.4, 0.5) is 0 Å². The first-order chi connectivity index (χ1) is 24.7. The van der Waals surface area contributed by atoms with Crippen LogP contribution in [-0.4, -0.2) is 13.4 Å². The van der Waals surface area contributed by atoms with Gasteiger partial charge in [0, 0.05) is 17.7 Å². The zero-order valence-electron chi connectivity index (χ0n) is 30.9. The van der Waals surface area contributed by atoms with Gasteiger partial charge in [0.2, 0.25) is 19.1 Å². The van der Waals surface area contributed by atoms with Gasteiger partial charge in [-0.1, -0.05) is 176 Å². The smallest absolute Gasteiger partial charge is 0.201 e. The topological polar surface area (TPSA) is 3.88 Å². The number of hydrogen-bond donors (Lipinski definition) is 0. The van der Waals surface area contributed by atoms with Crippen molar-refractivity contribution in [2.45, 2.75) is 41.5 Å². The summed E-state index contributed by atoms with van der Waals surface area (Å²) in [5.74, 6) is 0. The summed E-state index contributed by atoms with van der Waals surface area (Å²) in [5.41, 5.74) is 24.0. The highest BCUT2D eigenvalue weighted by Crippen LogP contribution is 2.25. The van der Waals surface area contributed by atoms with Gasteiger partial charge in [-0.2, -0.15) is 0 Å². The number of fused-ring (bicyclic) bond motifs is 2. The molecule has 7 aromatic rings. The third-order valence-electron chi connectivity index (χ3n) is 11.2. The standard InChI is InChI=1S/C48H44B2N/c1-31-22-23-51(7)46(24-31)41-30-45-44(29-32(41)2)49(47-33(3)25-39(26-34(47)4)37-16-10-8-11-17-37)42-20-14-15-21-43(42)50(45)48-35(5)27-40(28-36(48)6)38-18-12-9-13-19-38/h8-30H,1-7H3/q+1. The van der Waals surface area contributed by atoms with E-state index < -0.39 is 0 Å². The molecule has 1 aliphatic heterocycles. The molecule has 246 valence electrons. The Balaban J connectivity index is 1.40. The molecule has 0 radical (unpaired) electrons. The number of rotatable bonds is 5. The lowest BCUT2D eigenvalue weighted by molar-refractivity contribution is -0.660. The molecular formula is C48H44B2N+. The lowest BCUT2D eigenvalue weighted by atomic mass is 9.20. The first-order valence-electron chi connectivity index (χ1n) is 18.2. The summed E-state index contributed by atoms with van der Waals surface area (Å²) in [6.07, 6.45) is 2.19. The highest BCUT2D eigenvalue weighted by Gasteiger charge is 2.41. The predicted octanol–water partition coefficient (Wildman–Crippen LogP) is 6.71. The van der Waals surface area contributed by atoms with Crippen LogP contribution >= 0.6 is 0 Å². The molecule has 2 heterocycles. The molecule has 0 N–H and O–H groups in total. The van der Waals surface area contributed by atoms with Crippen LogP contribution in [0.25, 0.3) is 33.5 Å². The van der Waals surface area contributed by atoms with E-state index in [-0.39, 0.29) is 13.4 Å². The monoisotopic (exact) mass is 656 g/mol. The Morgan fingerprint density at radius 3 is 1.29 bits per heavy atom. The van der Waals surface area contributed by atoms with Crippen molar-refractivity contribution in [1.29, 1.82) is 0 Å². The lowest BCUT2D eigenvalue weighted by Crippen LogP contribution is -2.76. The highest BCUT2D eigenvalue weighted by atomic mass is 14.9. The van der Waals surface area contributed by atoms with E-state index in [1.54, 1.807) is 0 Å². The van der Waals surface area contributed by atoms with Crippen LogP contribution in [0.2, 0.25) is 0 Å². The highest BCUT2D eigenvalue weighted by molar-refractivity contribution is 7.11. The van der Waals surface area contributed by atoms with Gasteiger partial charge in [0.15, 0.2) is 6.20 Å². The second-order valence-corrected chi connectivity index (χ2v) is 14.8. The van der Waals surface area contributed by atoms with E-state index in [0.717, 1.165) is 0 Å². The van der Waals surface area contributed by atoms with Crippen LogP contribution in [-0.2, 0) is 7.05 Å². The Labute approximate surface area is 304 Å². The summed E-state index contributed by atoms with van der Waals surface area (Å²) in [4.78, 5) is 0. The summed E-state index contributed by atoms with van der Waals surface area (Å²) in [5, 5.41) is 0. The minimum Gasteiger partial charge on any atom is -0.201 e. The van der Waals surface area contributed by atoms with Crippen LogP contribution in [0, 0.1) is 41.5 Å². The van der Waals surface area contributed by atoms with Crippen molar-refractivity contribution in [2.75, 3.05) is 0 Å². The second-order valence-electron chi connectivity index (χ2n) is 14.8. The zero-order chi connectivity index (χ0) is 35.4. The second kappa shape index (κ2) is 13.1. The molecule has 3 heteroatoms. The van der Waals surface area contributed by atoms with Crippen LogP contribution in [0.5, 0.6) is 0 Å². The Kier molecular flexibility index (Phi) is 8.39. The van der Waals surface area contributed by atoms with Gasteiger partial charge in [0.1, 0.15) is 7.05 Å². The Hall–Kier alpha value is -5.40. The Bertz CT molecular complexity index is 2400. The number of aromatic nitrogens is 1. The molecule has 0 saturated heterocycles. The summed E-state index contributed by atoms with van der Waals surface area (Å²) < 4.78 is 2.27. The van der Waals surface area contributed by atoms with E-state index in [1.807, 2.05) is 0 Å². The van der Waals surface area contributed by atoms with Gasteiger partial charge in [-0.3, -0.25) is 0 Å². The van der Waals surface area contributed by atoms with Crippen molar-refractivity contribution in [3.8, 4) is 33.5 Å². The lowest BCUT2D eigenvalue weighted by Gasteiger charge is -2.35. The molecule has 8 rings (SSSR count). The molecule has 1 aromatic heterocycles. The predicted molar refractivity (Wildman–Crippen MR) is 221 cm³/mol. The third-order valence-corrected chi connectivity index (χ3v) is 11.2. The fourth-order valence-electron chi connectivity index (χ4n) is 8.91. The molecule has 0 fully saturated rings. The number of nitrogens with zero attached hydrogens (tertiary/aromatic N) is 1. The van der Waals surface area contributed by atoms with E-state index in [2.05, 4.69) is 193 Å². The molecule has 0 amide bonds. The number of pyridine rings is 1. The SMILES string of the molecule is Cc1cc[n+](C)c(-c2cc3c(cc2C)B(c2c(C)cc(-c4ccccc4)cc2C)c2ccccc2B3c2c(C)cc(-c3ccccc3)cc2C)c1. The van der Waals surface area contributed by atoms with Gasteiger partial charge in [0.05, 0.1) is 0 Å². The molecule has 0 spiro atoms. The van der Waals surface area contributed by atoms with E-state index in [1.165, 1.54) is 99.7 Å². The molecule has 0 aliphatic carbocycles. The van der Waals surface area contributed by atoms with Gasteiger partial charge in [0.25, 0.3) is 0 Å². The van der Waals surface area contributed by atoms with Gasteiger partial charge in [-0.25, -0.2) is 4.57 Å². The van der Waals surface area contributed by atoms with Crippen molar-refractivity contribution in [3.63, 3.8) is 0 Å². The molecule has 6 aromatic carbocycles. The van der Waals surface area contributed by atoms with E-state index >= 15 is 0 Å². The van der Waals surface area contributed by atoms with E-state index in [0.29, 0.717) is 0 Å². The average molecular weight is 657 g/mol.